The molecule has 0 saturated carbocycles. The van der Waals surface area contributed by atoms with Crippen molar-refractivity contribution >= 4 is 23.4 Å². The first-order valence-corrected chi connectivity index (χ1v) is 11.1. The molecule has 0 spiro atoms. The molecule has 0 saturated heterocycles. The summed E-state index contributed by atoms with van der Waals surface area (Å²) in [6.45, 7) is 10.2. The van der Waals surface area contributed by atoms with Gasteiger partial charge < -0.3 is 14.6 Å². The summed E-state index contributed by atoms with van der Waals surface area (Å²) in [5, 5.41) is 12.0. The topological polar surface area (TPSA) is 69.0 Å². The number of nitrogens with one attached hydrogen (secondary N) is 1. The highest BCUT2D eigenvalue weighted by atomic mass is 32.2. The van der Waals surface area contributed by atoms with Crippen molar-refractivity contribution in [3.63, 3.8) is 0 Å². The molecule has 0 fully saturated rings. The first kappa shape index (κ1) is 22.8. The van der Waals surface area contributed by atoms with Crippen molar-refractivity contribution in [2.24, 2.45) is 0 Å². The molecule has 0 bridgehead atoms. The number of carbonyl (C=O) groups is 1. The minimum atomic E-state index is -0.328. The lowest BCUT2D eigenvalue weighted by molar-refractivity contribution is -0.113. The maximum Gasteiger partial charge on any atom is 0.234 e. The number of aromatic nitrogens is 3. The molecule has 0 aliphatic rings. The Morgan fingerprint density at radius 1 is 1.13 bits per heavy atom. The average Bonchev–Trinajstić information content (AvgIpc) is 3.11. The second-order valence-electron chi connectivity index (χ2n) is 7.72. The van der Waals surface area contributed by atoms with Gasteiger partial charge in [-0.1, -0.05) is 29.5 Å². The normalized spacial score (nSPS) is 11.1. The summed E-state index contributed by atoms with van der Waals surface area (Å²) in [7, 11) is 0. The first-order valence-electron chi connectivity index (χ1n) is 10.1. The Labute approximate surface area is 186 Å². The number of amides is 1. The van der Waals surface area contributed by atoms with Crippen LogP contribution in [0.5, 0.6) is 5.75 Å². The first-order chi connectivity index (χ1) is 14.7. The van der Waals surface area contributed by atoms with Gasteiger partial charge in [-0.25, -0.2) is 4.39 Å². The third-order valence-electron chi connectivity index (χ3n) is 4.73. The number of carbonyl (C=O) groups excluding carboxylic acids is 1. The number of hydrogen-bond donors (Lipinski definition) is 1. The zero-order valence-corrected chi connectivity index (χ0v) is 19.2. The molecule has 3 aromatic rings. The van der Waals surface area contributed by atoms with E-state index in [1.165, 1.54) is 29.5 Å². The van der Waals surface area contributed by atoms with E-state index in [4.69, 9.17) is 4.74 Å². The highest BCUT2D eigenvalue weighted by molar-refractivity contribution is 7.99. The zero-order chi connectivity index (χ0) is 22.5. The second kappa shape index (κ2) is 9.96. The van der Waals surface area contributed by atoms with Crippen molar-refractivity contribution in [1.82, 2.24) is 14.8 Å². The van der Waals surface area contributed by atoms with Gasteiger partial charge in [-0.15, -0.1) is 10.2 Å². The summed E-state index contributed by atoms with van der Waals surface area (Å²) in [4.78, 5) is 12.4. The summed E-state index contributed by atoms with van der Waals surface area (Å²) in [6.07, 6.45) is 0. The standard InChI is InChI=1S/C23H27FN4O2S/c1-14(2)28-21(12-30-20-9-6-15(3)10-17(20)5)26-27-23(28)31-13-22(29)25-19-8-7-18(24)11-16(19)4/h6-11,14H,12-13H2,1-5H3,(H,25,29). The van der Waals surface area contributed by atoms with Crippen LogP contribution in [0.1, 0.15) is 42.4 Å². The van der Waals surface area contributed by atoms with Gasteiger partial charge in [-0.3, -0.25) is 4.79 Å². The molecular weight excluding hydrogens is 415 g/mol. The molecule has 164 valence electrons. The number of benzene rings is 2. The molecule has 0 unspecified atom stereocenters. The summed E-state index contributed by atoms with van der Waals surface area (Å²) >= 11 is 1.31. The number of thioether (sulfide) groups is 1. The quantitative estimate of drug-likeness (QED) is 0.484. The van der Waals surface area contributed by atoms with E-state index in [2.05, 4.69) is 21.6 Å². The van der Waals surface area contributed by atoms with Gasteiger partial charge in [0.2, 0.25) is 5.91 Å². The van der Waals surface area contributed by atoms with E-state index in [1.54, 1.807) is 13.0 Å². The minimum absolute atomic E-state index is 0.109. The van der Waals surface area contributed by atoms with Crippen LogP contribution in [0.2, 0.25) is 0 Å². The predicted molar refractivity (Wildman–Crippen MR) is 121 cm³/mol. The zero-order valence-electron chi connectivity index (χ0n) is 18.4. The van der Waals surface area contributed by atoms with Crippen LogP contribution >= 0.6 is 11.8 Å². The fourth-order valence-electron chi connectivity index (χ4n) is 3.21. The molecule has 6 nitrogen and oxygen atoms in total. The number of anilines is 1. The second-order valence-corrected chi connectivity index (χ2v) is 8.66. The van der Waals surface area contributed by atoms with Crippen LogP contribution in [0.3, 0.4) is 0 Å². The number of ether oxygens (including phenoxy) is 1. The van der Waals surface area contributed by atoms with Crippen LogP contribution in [0, 0.1) is 26.6 Å². The molecule has 3 rings (SSSR count). The van der Waals surface area contributed by atoms with Gasteiger partial charge in [0.05, 0.1) is 5.75 Å². The lowest BCUT2D eigenvalue weighted by atomic mass is 10.1. The Balaban J connectivity index is 1.65. The number of rotatable bonds is 8. The molecule has 0 atom stereocenters. The molecule has 0 aliphatic carbocycles. The highest BCUT2D eigenvalue weighted by Gasteiger charge is 2.17. The number of halogens is 1. The van der Waals surface area contributed by atoms with Crippen LogP contribution in [0.4, 0.5) is 10.1 Å². The molecule has 31 heavy (non-hydrogen) atoms. The SMILES string of the molecule is Cc1ccc(OCc2nnc(SCC(=O)Nc3ccc(F)cc3C)n2C(C)C)c(C)c1. The van der Waals surface area contributed by atoms with Gasteiger partial charge in [-0.05, 0) is 70.0 Å². The highest BCUT2D eigenvalue weighted by Crippen LogP contribution is 2.25. The Morgan fingerprint density at radius 3 is 2.58 bits per heavy atom. The molecular formula is C23H27FN4O2S. The van der Waals surface area contributed by atoms with Gasteiger partial charge >= 0.3 is 0 Å². The molecule has 0 radical (unpaired) electrons. The average molecular weight is 443 g/mol. The van der Waals surface area contributed by atoms with Crippen molar-refractivity contribution in [3.05, 3.63) is 64.7 Å². The number of hydrogen-bond acceptors (Lipinski definition) is 5. The third kappa shape index (κ3) is 5.85. The van der Waals surface area contributed by atoms with Crippen molar-refractivity contribution in [1.29, 1.82) is 0 Å². The van der Waals surface area contributed by atoms with E-state index in [0.29, 0.717) is 22.2 Å². The van der Waals surface area contributed by atoms with Crippen molar-refractivity contribution in [2.75, 3.05) is 11.1 Å². The smallest absolute Gasteiger partial charge is 0.234 e. The fourth-order valence-corrected chi connectivity index (χ4v) is 4.10. The Hall–Kier alpha value is -2.87. The Kier molecular flexibility index (Phi) is 7.33. The van der Waals surface area contributed by atoms with E-state index < -0.39 is 0 Å². The van der Waals surface area contributed by atoms with Crippen molar-refractivity contribution < 1.29 is 13.9 Å². The van der Waals surface area contributed by atoms with Gasteiger partial charge in [0.1, 0.15) is 18.2 Å². The minimum Gasteiger partial charge on any atom is -0.485 e. The number of nitrogens with zero attached hydrogens (tertiary/aromatic N) is 3. The van der Waals surface area contributed by atoms with Gasteiger partial charge in [-0.2, -0.15) is 0 Å². The maximum atomic E-state index is 13.2. The van der Waals surface area contributed by atoms with E-state index >= 15 is 0 Å². The summed E-state index contributed by atoms with van der Waals surface area (Å²) in [6, 6.07) is 10.4. The lowest BCUT2D eigenvalue weighted by Gasteiger charge is -2.15. The van der Waals surface area contributed by atoms with E-state index in [9.17, 15) is 9.18 Å². The maximum absolute atomic E-state index is 13.2. The summed E-state index contributed by atoms with van der Waals surface area (Å²) in [5.41, 5.74) is 3.52. The van der Waals surface area contributed by atoms with Crippen LogP contribution < -0.4 is 10.1 Å². The molecule has 0 aliphatic heterocycles. The van der Waals surface area contributed by atoms with Crippen LogP contribution in [-0.2, 0) is 11.4 Å². The van der Waals surface area contributed by atoms with Gasteiger partial charge in [0.15, 0.2) is 11.0 Å². The van der Waals surface area contributed by atoms with Gasteiger partial charge in [0.25, 0.3) is 0 Å². The molecule has 1 aromatic heterocycles. The molecule has 1 N–H and O–H groups in total. The molecule has 1 amide bonds. The van der Waals surface area contributed by atoms with Gasteiger partial charge in [0, 0.05) is 11.7 Å². The van der Waals surface area contributed by atoms with Crippen molar-refractivity contribution in [3.8, 4) is 5.75 Å². The molecule has 1 heterocycles. The lowest BCUT2D eigenvalue weighted by Crippen LogP contribution is -2.16. The largest absolute Gasteiger partial charge is 0.485 e. The third-order valence-corrected chi connectivity index (χ3v) is 5.68. The Bertz CT molecular complexity index is 1080. The summed E-state index contributed by atoms with van der Waals surface area (Å²) < 4.78 is 21.2. The van der Waals surface area contributed by atoms with Crippen molar-refractivity contribution in [2.45, 2.75) is 52.4 Å². The van der Waals surface area contributed by atoms with E-state index in [-0.39, 0.29) is 30.1 Å². The van der Waals surface area contributed by atoms with Crippen LogP contribution in [0.25, 0.3) is 0 Å². The molecule has 8 heteroatoms. The van der Waals surface area contributed by atoms with Crippen LogP contribution in [-0.4, -0.2) is 26.4 Å². The molecule has 2 aromatic carbocycles. The summed E-state index contributed by atoms with van der Waals surface area (Å²) in [5.74, 6) is 1.16. The van der Waals surface area contributed by atoms with Crippen LogP contribution in [0.15, 0.2) is 41.6 Å². The fraction of sp³-hybridized carbons (Fsp3) is 0.348. The number of aryl methyl sites for hydroxylation is 3. The Morgan fingerprint density at radius 2 is 1.90 bits per heavy atom. The predicted octanol–water partition coefficient (Wildman–Crippen LogP) is 5.23. The van der Waals surface area contributed by atoms with E-state index in [1.807, 2.05) is 44.4 Å². The van der Waals surface area contributed by atoms with E-state index in [0.717, 1.165) is 11.3 Å². The monoisotopic (exact) mass is 442 g/mol.